The zero-order valence-electron chi connectivity index (χ0n) is 17.0. The second-order valence-electron chi connectivity index (χ2n) is 9.02. The molecule has 2 saturated heterocycles. The predicted octanol–water partition coefficient (Wildman–Crippen LogP) is 4.49. The lowest BCUT2D eigenvalue weighted by molar-refractivity contribution is -0.129. The minimum absolute atomic E-state index is 0.149. The zero-order chi connectivity index (χ0) is 19.6. The quantitative estimate of drug-likeness (QED) is 0.750. The minimum atomic E-state index is -0.340. The van der Waals surface area contributed by atoms with E-state index < -0.39 is 0 Å². The summed E-state index contributed by atoms with van der Waals surface area (Å²) < 4.78 is 0. The smallest absolute Gasteiger partial charge is 0.225 e. The summed E-state index contributed by atoms with van der Waals surface area (Å²) in [7, 11) is 0. The van der Waals surface area contributed by atoms with Gasteiger partial charge in [0.15, 0.2) is 5.11 Å². The van der Waals surface area contributed by atoms with Crippen molar-refractivity contribution >= 4 is 28.9 Å². The molecule has 1 aromatic rings. The lowest BCUT2D eigenvalue weighted by Gasteiger charge is -2.50. The Morgan fingerprint density at radius 2 is 1.74 bits per heavy atom. The highest BCUT2D eigenvalue weighted by molar-refractivity contribution is 7.80. The molecule has 4 nitrogen and oxygen atoms in total. The molecule has 1 aromatic carbocycles. The molecule has 0 aromatic heterocycles. The summed E-state index contributed by atoms with van der Waals surface area (Å²) in [6, 6.07) is 9.61. The first-order chi connectivity index (χ1) is 12.8. The van der Waals surface area contributed by atoms with Gasteiger partial charge in [-0.05, 0) is 68.4 Å². The monoisotopic (exact) mass is 387 g/mol. The number of rotatable bonds is 3. The third-order valence-electron chi connectivity index (χ3n) is 5.84. The maximum absolute atomic E-state index is 12.4. The van der Waals surface area contributed by atoms with E-state index in [1.54, 1.807) is 0 Å². The molecular formula is C22H33N3OS. The summed E-state index contributed by atoms with van der Waals surface area (Å²) in [6.45, 7) is 8.08. The van der Waals surface area contributed by atoms with Crippen LogP contribution >= 0.6 is 12.2 Å². The number of carbonyl (C=O) groups excluding carboxylic acids is 1. The predicted molar refractivity (Wildman–Crippen MR) is 116 cm³/mol. The second-order valence-corrected chi connectivity index (χ2v) is 9.40. The van der Waals surface area contributed by atoms with Crippen LogP contribution < -0.4 is 10.6 Å². The van der Waals surface area contributed by atoms with Crippen LogP contribution in [0.3, 0.4) is 0 Å². The summed E-state index contributed by atoms with van der Waals surface area (Å²) in [5.74, 6) is 0.149. The molecule has 5 heteroatoms. The van der Waals surface area contributed by atoms with Crippen molar-refractivity contribution in [2.75, 3.05) is 5.32 Å². The Hall–Kier alpha value is -1.62. The first-order valence-corrected chi connectivity index (χ1v) is 10.7. The minimum Gasteiger partial charge on any atom is -0.353 e. The summed E-state index contributed by atoms with van der Waals surface area (Å²) in [6.07, 6.45) is 6.55. The van der Waals surface area contributed by atoms with E-state index in [-0.39, 0.29) is 17.4 Å². The van der Waals surface area contributed by atoms with Crippen molar-refractivity contribution in [2.24, 2.45) is 5.41 Å². The fourth-order valence-electron chi connectivity index (χ4n) is 4.24. The van der Waals surface area contributed by atoms with Gasteiger partial charge in [-0.25, -0.2) is 0 Å². The third-order valence-corrected chi connectivity index (χ3v) is 6.15. The van der Waals surface area contributed by atoms with Gasteiger partial charge in [0.2, 0.25) is 5.91 Å². The largest absolute Gasteiger partial charge is 0.353 e. The Morgan fingerprint density at radius 3 is 2.26 bits per heavy atom. The van der Waals surface area contributed by atoms with Crippen molar-refractivity contribution in [3.8, 4) is 0 Å². The highest BCUT2D eigenvalue weighted by Crippen LogP contribution is 2.35. The standard InChI is InChI=1S/C22H33N3OS/c1-5-15-9-11-16(12-10-15)24-21(27)25-18-7-6-8-19(25)14-17(13-18)23-20(26)22(2,3)4/h9-12,17-19H,5-8,13-14H2,1-4H3,(H,23,26)(H,24,27)/t18-,19-/m0/s1. The number of nitrogens with zero attached hydrogens (tertiary/aromatic N) is 1. The molecule has 2 N–H and O–H groups in total. The van der Waals surface area contributed by atoms with Crippen LogP contribution in [0, 0.1) is 5.41 Å². The number of anilines is 1. The first kappa shape index (κ1) is 20.1. The first-order valence-electron chi connectivity index (χ1n) is 10.3. The number of hydrogen-bond acceptors (Lipinski definition) is 2. The number of nitrogens with one attached hydrogen (secondary N) is 2. The van der Waals surface area contributed by atoms with Gasteiger partial charge < -0.3 is 15.5 Å². The molecule has 2 aliphatic heterocycles. The van der Waals surface area contributed by atoms with Gasteiger partial charge in [0.25, 0.3) is 0 Å². The Kier molecular flexibility index (Phi) is 6.09. The van der Waals surface area contributed by atoms with E-state index >= 15 is 0 Å². The van der Waals surface area contributed by atoms with Crippen LogP contribution in [-0.2, 0) is 11.2 Å². The number of benzene rings is 1. The summed E-state index contributed by atoms with van der Waals surface area (Å²) in [4.78, 5) is 14.8. The van der Waals surface area contributed by atoms with E-state index in [0.29, 0.717) is 12.1 Å². The molecule has 2 aliphatic rings. The normalized spacial score (nSPS) is 25.0. The van der Waals surface area contributed by atoms with Gasteiger partial charge >= 0.3 is 0 Å². The molecule has 2 bridgehead atoms. The molecule has 2 fully saturated rings. The lowest BCUT2D eigenvalue weighted by atomic mass is 9.81. The van der Waals surface area contributed by atoms with Crippen LogP contribution in [0.5, 0.6) is 0 Å². The van der Waals surface area contributed by atoms with Crippen molar-refractivity contribution in [2.45, 2.75) is 84.3 Å². The molecule has 0 aliphatic carbocycles. The number of thiocarbonyl (C=S) groups is 1. The average molecular weight is 388 g/mol. The summed E-state index contributed by atoms with van der Waals surface area (Å²) in [5, 5.41) is 7.55. The van der Waals surface area contributed by atoms with Gasteiger partial charge in [0, 0.05) is 29.2 Å². The molecule has 27 heavy (non-hydrogen) atoms. The van der Waals surface area contributed by atoms with Crippen LogP contribution in [-0.4, -0.2) is 34.0 Å². The molecule has 148 valence electrons. The van der Waals surface area contributed by atoms with E-state index in [1.807, 2.05) is 20.8 Å². The van der Waals surface area contributed by atoms with Gasteiger partial charge in [0.05, 0.1) is 0 Å². The van der Waals surface area contributed by atoms with E-state index in [0.717, 1.165) is 42.9 Å². The Bertz CT molecular complexity index is 666. The Labute approximate surface area is 169 Å². The fourth-order valence-corrected chi connectivity index (χ4v) is 4.66. The Morgan fingerprint density at radius 1 is 1.15 bits per heavy atom. The van der Waals surface area contributed by atoms with E-state index in [4.69, 9.17) is 12.2 Å². The van der Waals surface area contributed by atoms with E-state index in [2.05, 4.69) is 46.7 Å². The molecule has 0 spiro atoms. The van der Waals surface area contributed by atoms with Crippen LogP contribution in [0.4, 0.5) is 5.69 Å². The highest BCUT2D eigenvalue weighted by Gasteiger charge is 2.40. The van der Waals surface area contributed by atoms with E-state index in [9.17, 15) is 4.79 Å². The fraction of sp³-hybridized carbons (Fsp3) is 0.636. The number of hydrogen-bond donors (Lipinski definition) is 2. The van der Waals surface area contributed by atoms with Crippen LogP contribution in [0.1, 0.15) is 65.4 Å². The second kappa shape index (κ2) is 8.17. The van der Waals surface area contributed by atoms with Crippen molar-refractivity contribution < 1.29 is 4.79 Å². The van der Waals surface area contributed by atoms with Crippen molar-refractivity contribution in [1.82, 2.24) is 10.2 Å². The summed E-state index contributed by atoms with van der Waals surface area (Å²) >= 11 is 5.78. The van der Waals surface area contributed by atoms with E-state index in [1.165, 1.54) is 12.0 Å². The number of aryl methyl sites for hydroxylation is 1. The van der Waals surface area contributed by atoms with Crippen LogP contribution in [0.25, 0.3) is 0 Å². The van der Waals surface area contributed by atoms with Gasteiger partial charge in [-0.15, -0.1) is 0 Å². The number of carbonyl (C=O) groups is 1. The highest BCUT2D eigenvalue weighted by atomic mass is 32.1. The van der Waals surface area contributed by atoms with Crippen molar-refractivity contribution in [3.63, 3.8) is 0 Å². The summed E-state index contributed by atoms with van der Waals surface area (Å²) in [5.41, 5.74) is 2.05. The van der Waals surface area contributed by atoms with Gasteiger partial charge in [-0.3, -0.25) is 4.79 Å². The number of amides is 1. The van der Waals surface area contributed by atoms with Gasteiger partial charge in [-0.2, -0.15) is 0 Å². The molecule has 2 heterocycles. The molecular weight excluding hydrogens is 354 g/mol. The molecule has 0 saturated carbocycles. The molecule has 0 unspecified atom stereocenters. The third kappa shape index (κ3) is 4.81. The van der Waals surface area contributed by atoms with Crippen molar-refractivity contribution in [3.05, 3.63) is 29.8 Å². The maximum atomic E-state index is 12.4. The zero-order valence-corrected chi connectivity index (χ0v) is 17.9. The molecule has 1 amide bonds. The topological polar surface area (TPSA) is 44.4 Å². The number of piperidine rings is 2. The van der Waals surface area contributed by atoms with Gasteiger partial charge in [-0.1, -0.05) is 39.8 Å². The van der Waals surface area contributed by atoms with Crippen molar-refractivity contribution in [1.29, 1.82) is 0 Å². The molecule has 3 rings (SSSR count). The lowest BCUT2D eigenvalue weighted by Crippen LogP contribution is -2.60. The average Bonchev–Trinajstić information content (AvgIpc) is 2.60. The molecule has 2 atom stereocenters. The Balaban J connectivity index is 1.64. The van der Waals surface area contributed by atoms with Gasteiger partial charge in [0.1, 0.15) is 0 Å². The molecule has 0 radical (unpaired) electrons. The number of fused-ring (bicyclic) bond motifs is 2. The SMILES string of the molecule is CCc1ccc(NC(=S)N2[C@H]3CCC[C@H]2CC(NC(=O)C(C)(C)C)C3)cc1. The maximum Gasteiger partial charge on any atom is 0.225 e. The van der Waals surface area contributed by atoms with Crippen LogP contribution in [0.15, 0.2) is 24.3 Å². The van der Waals surface area contributed by atoms with Crippen LogP contribution in [0.2, 0.25) is 0 Å².